The van der Waals surface area contributed by atoms with Gasteiger partial charge in [0.05, 0.1) is 5.92 Å². The highest BCUT2D eigenvalue weighted by Crippen LogP contribution is 2.25. The molecule has 0 bridgehead atoms. The zero-order chi connectivity index (χ0) is 16.9. The summed E-state index contributed by atoms with van der Waals surface area (Å²) in [5, 5.41) is 5.36. The van der Waals surface area contributed by atoms with Crippen molar-refractivity contribution >= 4 is 17.2 Å². The molecule has 0 saturated heterocycles. The number of thiophene rings is 1. The van der Waals surface area contributed by atoms with Crippen molar-refractivity contribution in [2.75, 3.05) is 13.1 Å². The number of carbonyl (C=O) groups is 1. The second kappa shape index (κ2) is 7.95. The van der Waals surface area contributed by atoms with Crippen molar-refractivity contribution in [3.63, 3.8) is 0 Å². The molecule has 128 valence electrons. The minimum Gasteiger partial charge on any atom is -0.354 e. The molecular weight excluding hydrogens is 316 g/mol. The van der Waals surface area contributed by atoms with Crippen molar-refractivity contribution in [3.8, 4) is 0 Å². The third-order valence-corrected chi connectivity index (χ3v) is 5.98. The van der Waals surface area contributed by atoms with Crippen LogP contribution in [0.5, 0.6) is 0 Å². The molecule has 1 aromatic carbocycles. The SMILES string of the molecule is CCC(C(=O)NCC(C)N1CCc2sccc2C1)c1ccccc1. The van der Waals surface area contributed by atoms with Crippen molar-refractivity contribution in [3.05, 3.63) is 57.8 Å². The van der Waals surface area contributed by atoms with Crippen LogP contribution in [0.2, 0.25) is 0 Å². The van der Waals surface area contributed by atoms with Crippen LogP contribution in [-0.4, -0.2) is 29.9 Å². The summed E-state index contributed by atoms with van der Waals surface area (Å²) in [6.07, 6.45) is 1.96. The molecule has 0 spiro atoms. The fourth-order valence-corrected chi connectivity index (χ4v) is 4.29. The highest BCUT2D eigenvalue weighted by atomic mass is 32.1. The Balaban J connectivity index is 1.54. The summed E-state index contributed by atoms with van der Waals surface area (Å²) in [4.78, 5) is 16.6. The predicted molar refractivity (Wildman–Crippen MR) is 100 cm³/mol. The van der Waals surface area contributed by atoms with E-state index in [4.69, 9.17) is 0 Å². The number of nitrogens with zero attached hydrogens (tertiary/aromatic N) is 1. The van der Waals surface area contributed by atoms with Crippen LogP contribution in [0, 0.1) is 0 Å². The molecule has 3 rings (SSSR count). The van der Waals surface area contributed by atoms with Crippen molar-refractivity contribution in [2.24, 2.45) is 0 Å². The minimum atomic E-state index is -0.0526. The fourth-order valence-electron chi connectivity index (χ4n) is 3.40. The number of benzene rings is 1. The maximum absolute atomic E-state index is 12.6. The maximum Gasteiger partial charge on any atom is 0.227 e. The second-order valence-corrected chi connectivity index (χ2v) is 7.56. The van der Waals surface area contributed by atoms with Crippen molar-refractivity contribution in [2.45, 2.75) is 45.2 Å². The highest BCUT2D eigenvalue weighted by molar-refractivity contribution is 7.10. The Morgan fingerprint density at radius 2 is 2.08 bits per heavy atom. The normalized spacial score (nSPS) is 17.1. The lowest BCUT2D eigenvalue weighted by Crippen LogP contribution is -2.45. The number of hydrogen-bond acceptors (Lipinski definition) is 3. The van der Waals surface area contributed by atoms with Crippen molar-refractivity contribution < 1.29 is 4.79 Å². The zero-order valence-electron chi connectivity index (χ0n) is 14.5. The number of nitrogens with one attached hydrogen (secondary N) is 1. The largest absolute Gasteiger partial charge is 0.354 e. The van der Waals surface area contributed by atoms with Gasteiger partial charge in [-0.3, -0.25) is 9.69 Å². The smallest absolute Gasteiger partial charge is 0.227 e. The molecule has 2 atom stereocenters. The Labute approximate surface area is 148 Å². The molecule has 0 saturated carbocycles. The van der Waals surface area contributed by atoms with Crippen molar-refractivity contribution in [1.29, 1.82) is 0 Å². The van der Waals surface area contributed by atoms with Gasteiger partial charge in [0.2, 0.25) is 5.91 Å². The van der Waals surface area contributed by atoms with E-state index < -0.39 is 0 Å². The number of carbonyl (C=O) groups excluding carboxylic acids is 1. The minimum absolute atomic E-state index is 0.0526. The van der Waals surface area contributed by atoms with Gasteiger partial charge in [-0.1, -0.05) is 37.3 Å². The molecule has 2 unspecified atom stereocenters. The van der Waals surface area contributed by atoms with E-state index in [1.807, 2.05) is 41.7 Å². The monoisotopic (exact) mass is 342 g/mol. The second-order valence-electron chi connectivity index (χ2n) is 6.56. The molecule has 0 radical (unpaired) electrons. The van der Waals surface area contributed by atoms with Gasteiger partial charge in [-0.15, -0.1) is 11.3 Å². The quantitative estimate of drug-likeness (QED) is 0.866. The van der Waals surface area contributed by atoms with Crippen LogP contribution in [0.4, 0.5) is 0 Å². The molecule has 3 nitrogen and oxygen atoms in total. The van der Waals surface area contributed by atoms with Crippen LogP contribution in [0.1, 0.15) is 42.2 Å². The standard InChI is InChI=1S/C20H26N2OS/c1-3-18(16-7-5-4-6-8-16)20(23)21-13-15(2)22-11-9-19-17(14-22)10-12-24-19/h4-8,10,12,15,18H,3,9,11,13-14H2,1-2H3,(H,21,23). The van der Waals surface area contributed by atoms with Gasteiger partial charge in [0.15, 0.2) is 0 Å². The van der Waals surface area contributed by atoms with Gasteiger partial charge in [-0.2, -0.15) is 0 Å². The van der Waals surface area contributed by atoms with E-state index in [9.17, 15) is 4.79 Å². The Bertz CT molecular complexity index is 667. The zero-order valence-corrected chi connectivity index (χ0v) is 15.3. The third kappa shape index (κ3) is 3.87. The summed E-state index contributed by atoms with van der Waals surface area (Å²) in [6, 6.07) is 12.7. The highest BCUT2D eigenvalue weighted by Gasteiger charge is 2.23. The van der Waals surface area contributed by atoms with Gasteiger partial charge < -0.3 is 5.32 Å². The summed E-state index contributed by atoms with van der Waals surface area (Å²) in [7, 11) is 0. The van der Waals surface area contributed by atoms with Crippen LogP contribution < -0.4 is 5.32 Å². The average Bonchev–Trinajstić information content (AvgIpc) is 3.09. The van der Waals surface area contributed by atoms with E-state index in [0.717, 1.165) is 31.5 Å². The molecule has 1 aromatic heterocycles. The predicted octanol–water partition coefficient (Wildman–Crippen LogP) is 3.80. The van der Waals surface area contributed by atoms with Crippen LogP contribution in [0.15, 0.2) is 41.8 Å². The summed E-state index contributed by atoms with van der Waals surface area (Å²) in [6.45, 7) is 7.08. The molecule has 2 aromatic rings. The number of hydrogen-bond donors (Lipinski definition) is 1. The van der Waals surface area contributed by atoms with Gasteiger partial charge in [0, 0.05) is 30.6 Å². The fraction of sp³-hybridized carbons (Fsp3) is 0.450. The number of amides is 1. The summed E-state index contributed by atoms with van der Waals surface area (Å²) in [5.41, 5.74) is 2.56. The van der Waals surface area contributed by atoms with Gasteiger partial charge in [-0.05, 0) is 42.3 Å². The van der Waals surface area contributed by atoms with Crippen molar-refractivity contribution in [1.82, 2.24) is 10.2 Å². The van der Waals surface area contributed by atoms with Crippen LogP contribution >= 0.6 is 11.3 Å². The van der Waals surface area contributed by atoms with Crippen LogP contribution in [0.25, 0.3) is 0 Å². The third-order valence-electron chi connectivity index (χ3n) is 4.96. The molecular formula is C20H26N2OS. The van der Waals surface area contributed by atoms with E-state index in [1.165, 1.54) is 10.4 Å². The molecule has 2 heterocycles. The number of rotatable bonds is 6. The van der Waals surface area contributed by atoms with E-state index in [0.29, 0.717) is 12.6 Å². The first kappa shape index (κ1) is 17.2. The lowest BCUT2D eigenvalue weighted by Gasteiger charge is -2.32. The van der Waals surface area contributed by atoms with Gasteiger partial charge in [0.25, 0.3) is 0 Å². The molecule has 1 amide bonds. The summed E-state index contributed by atoms with van der Waals surface area (Å²) in [5.74, 6) is 0.0898. The molecule has 1 aliphatic heterocycles. The maximum atomic E-state index is 12.6. The lowest BCUT2D eigenvalue weighted by molar-refractivity contribution is -0.122. The van der Waals surface area contributed by atoms with E-state index >= 15 is 0 Å². The summed E-state index contributed by atoms with van der Waals surface area (Å²) >= 11 is 1.87. The van der Waals surface area contributed by atoms with E-state index in [-0.39, 0.29) is 11.8 Å². The van der Waals surface area contributed by atoms with Crippen LogP contribution in [0.3, 0.4) is 0 Å². The molecule has 4 heteroatoms. The first-order valence-corrected chi connectivity index (χ1v) is 9.69. The van der Waals surface area contributed by atoms with Gasteiger partial charge in [0.1, 0.15) is 0 Å². The molecule has 1 N–H and O–H groups in total. The Morgan fingerprint density at radius 1 is 1.29 bits per heavy atom. The van der Waals surface area contributed by atoms with Gasteiger partial charge in [-0.25, -0.2) is 0 Å². The topological polar surface area (TPSA) is 32.3 Å². The Kier molecular flexibility index (Phi) is 5.69. The van der Waals surface area contributed by atoms with E-state index in [1.54, 1.807) is 0 Å². The molecule has 0 fully saturated rings. The van der Waals surface area contributed by atoms with Gasteiger partial charge >= 0.3 is 0 Å². The Hall–Kier alpha value is -1.65. The summed E-state index contributed by atoms with van der Waals surface area (Å²) < 4.78 is 0. The van der Waals surface area contributed by atoms with Crippen LogP contribution in [-0.2, 0) is 17.8 Å². The molecule has 24 heavy (non-hydrogen) atoms. The average molecular weight is 343 g/mol. The lowest BCUT2D eigenvalue weighted by atomic mass is 9.95. The first-order valence-electron chi connectivity index (χ1n) is 8.81. The molecule has 0 aliphatic carbocycles. The Morgan fingerprint density at radius 3 is 2.83 bits per heavy atom. The molecule has 1 aliphatic rings. The number of fused-ring (bicyclic) bond motifs is 1. The van der Waals surface area contributed by atoms with E-state index in [2.05, 4.69) is 35.5 Å². The first-order chi connectivity index (χ1) is 11.7.